The highest BCUT2D eigenvalue weighted by Gasteiger charge is 2.64. The maximum Gasteiger partial charge on any atom is 0.136 e. The number of rotatable bonds is 0. The Morgan fingerprint density at radius 2 is 1.29 bits per heavy atom. The van der Waals surface area contributed by atoms with Gasteiger partial charge in [-0.05, 0) is 42.9 Å². The molecule has 94 valence electrons. The molecule has 3 fully saturated rings. The Bertz CT molecular complexity index is 350. The summed E-state index contributed by atoms with van der Waals surface area (Å²) in [5.74, 6) is 1.21. The van der Waals surface area contributed by atoms with Crippen LogP contribution in [-0.4, -0.2) is 11.6 Å². The largest absolute Gasteiger partial charge is 0.299 e. The van der Waals surface area contributed by atoms with Gasteiger partial charge in [0, 0.05) is 24.7 Å². The van der Waals surface area contributed by atoms with Crippen LogP contribution in [0.25, 0.3) is 0 Å². The van der Waals surface area contributed by atoms with Gasteiger partial charge in [-0.3, -0.25) is 9.59 Å². The van der Waals surface area contributed by atoms with E-state index in [1.54, 1.807) is 0 Å². The summed E-state index contributed by atoms with van der Waals surface area (Å²) in [6, 6.07) is 0. The molecule has 3 rings (SSSR count). The van der Waals surface area contributed by atoms with Crippen LogP contribution in [0.2, 0.25) is 0 Å². The molecule has 0 N–H and O–H groups in total. The van der Waals surface area contributed by atoms with Crippen molar-refractivity contribution in [3.05, 3.63) is 0 Å². The van der Waals surface area contributed by atoms with Crippen molar-refractivity contribution in [1.29, 1.82) is 0 Å². The minimum absolute atomic E-state index is 0.100. The Balaban J connectivity index is 2.05. The van der Waals surface area contributed by atoms with Gasteiger partial charge in [0.2, 0.25) is 0 Å². The van der Waals surface area contributed by atoms with Crippen molar-refractivity contribution in [3.63, 3.8) is 0 Å². The molecule has 4 atom stereocenters. The molecule has 0 heterocycles. The SMILES string of the molecule is C[C@]12CCCC(=O)[C@H]1C[C@@H]1C(=O)CCC[C@@]12C. The van der Waals surface area contributed by atoms with E-state index in [1.165, 1.54) is 0 Å². The summed E-state index contributed by atoms with van der Waals surface area (Å²) in [5.41, 5.74) is 0.201. The van der Waals surface area contributed by atoms with E-state index in [4.69, 9.17) is 0 Å². The van der Waals surface area contributed by atoms with Crippen molar-refractivity contribution in [2.45, 2.75) is 58.8 Å². The van der Waals surface area contributed by atoms with Crippen molar-refractivity contribution < 1.29 is 9.59 Å². The molecule has 0 aromatic carbocycles. The fourth-order valence-corrected chi connectivity index (χ4v) is 5.05. The van der Waals surface area contributed by atoms with E-state index in [0.717, 1.165) is 44.9 Å². The van der Waals surface area contributed by atoms with Gasteiger partial charge in [-0.15, -0.1) is 0 Å². The quantitative estimate of drug-likeness (QED) is 0.645. The molecule has 0 aromatic rings. The van der Waals surface area contributed by atoms with E-state index in [2.05, 4.69) is 13.8 Å². The van der Waals surface area contributed by atoms with Gasteiger partial charge in [0.1, 0.15) is 11.6 Å². The normalized spacial score (nSPS) is 50.0. The van der Waals surface area contributed by atoms with Gasteiger partial charge in [0.05, 0.1) is 0 Å². The molecule has 0 amide bonds. The van der Waals surface area contributed by atoms with E-state index in [1.807, 2.05) is 0 Å². The van der Waals surface area contributed by atoms with Crippen LogP contribution in [0.5, 0.6) is 0 Å². The van der Waals surface area contributed by atoms with E-state index < -0.39 is 0 Å². The van der Waals surface area contributed by atoms with Gasteiger partial charge in [-0.25, -0.2) is 0 Å². The summed E-state index contributed by atoms with van der Waals surface area (Å²) in [4.78, 5) is 24.3. The molecule has 0 saturated heterocycles. The van der Waals surface area contributed by atoms with E-state index in [-0.39, 0.29) is 22.7 Å². The van der Waals surface area contributed by atoms with Gasteiger partial charge in [-0.2, -0.15) is 0 Å². The van der Waals surface area contributed by atoms with Gasteiger partial charge in [0.25, 0.3) is 0 Å². The lowest BCUT2D eigenvalue weighted by atomic mass is 9.54. The van der Waals surface area contributed by atoms with Crippen LogP contribution in [0, 0.1) is 22.7 Å². The Labute approximate surface area is 103 Å². The molecule has 0 radical (unpaired) electrons. The number of hydrogen-bond donors (Lipinski definition) is 0. The molecule has 2 heteroatoms. The van der Waals surface area contributed by atoms with Gasteiger partial charge in [-0.1, -0.05) is 13.8 Å². The molecular weight excluding hydrogens is 212 g/mol. The van der Waals surface area contributed by atoms with Gasteiger partial charge >= 0.3 is 0 Å². The third-order valence-corrected chi connectivity index (χ3v) is 6.33. The van der Waals surface area contributed by atoms with Gasteiger partial charge < -0.3 is 0 Å². The van der Waals surface area contributed by atoms with Gasteiger partial charge in [0.15, 0.2) is 0 Å². The molecule has 3 aliphatic rings. The molecule has 0 aliphatic heterocycles. The van der Waals surface area contributed by atoms with E-state index in [9.17, 15) is 9.59 Å². The number of Topliss-reactive ketones (excluding diaryl/α,β-unsaturated/α-hetero) is 2. The topological polar surface area (TPSA) is 34.1 Å². The third kappa shape index (κ3) is 1.27. The highest BCUT2D eigenvalue weighted by molar-refractivity contribution is 5.88. The maximum absolute atomic E-state index is 12.2. The first-order chi connectivity index (χ1) is 7.99. The molecule has 17 heavy (non-hydrogen) atoms. The fraction of sp³-hybridized carbons (Fsp3) is 0.867. The first-order valence-electron chi connectivity index (χ1n) is 7.04. The van der Waals surface area contributed by atoms with Crippen LogP contribution in [0.1, 0.15) is 58.8 Å². The standard InChI is InChI=1S/C15H22O2/c1-14-7-3-5-12(16)10(14)9-11-13(17)6-4-8-15(11,14)2/h10-11H,3-9H2,1-2H3/t10-,11-,14+,15+/m1/s1. The van der Waals surface area contributed by atoms with Crippen LogP contribution in [0.3, 0.4) is 0 Å². The molecule has 3 saturated carbocycles. The zero-order chi connectivity index (χ0) is 12.3. The van der Waals surface area contributed by atoms with Crippen LogP contribution in [0.4, 0.5) is 0 Å². The van der Waals surface area contributed by atoms with Crippen molar-refractivity contribution in [3.8, 4) is 0 Å². The summed E-state index contributed by atoms with van der Waals surface area (Å²) >= 11 is 0. The Kier molecular flexibility index (Phi) is 2.30. The minimum Gasteiger partial charge on any atom is -0.299 e. The number of hydrogen-bond acceptors (Lipinski definition) is 2. The summed E-state index contributed by atoms with van der Waals surface area (Å²) in [5, 5.41) is 0. The highest BCUT2D eigenvalue weighted by Crippen LogP contribution is 2.67. The number of carbonyl (C=O) groups is 2. The predicted octanol–water partition coefficient (Wildman–Crippen LogP) is 3.14. The first-order valence-corrected chi connectivity index (χ1v) is 7.04. The zero-order valence-corrected chi connectivity index (χ0v) is 10.9. The average Bonchev–Trinajstić information content (AvgIpc) is 2.51. The molecule has 0 bridgehead atoms. The Morgan fingerprint density at radius 1 is 0.882 bits per heavy atom. The second-order valence-electron chi connectivity index (χ2n) is 6.82. The second-order valence-corrected chi connectivity index (χ2v) is 6.82. The molecule has 2 nitrogen and oxygen atoms in total. The smallest absolute Gasteiger partial charge is 0.136 e. The number of carbonyl (C=O) groups excluding carboxylic acids is 2. The number of ketones is 2. The fourth-order valence-electron chi connectivity index (χ4n) is 5.05. The monoisotopic (exact) mass is 234 g/mol. The van der Waals surface area contributed by atoms with E-state index in [0.29, 0.717) is 11.6 Å². The molecular formula is C15H22O2. The maximum atomic E-state index is 12.2. The second kappa shape index (κ2) is 3.43. The number of fused-ring (bicyclic) bond motifs is 3. The summed E-state index contributed by atoms with van der Waals surface area (Å²) in [7, 11) is 0. The lowest BCUT2D eigenvalue weighted by Crippen LogP contribution is -2.46. The first kappa shape index (κ1) is 11.4. The summed E-state index contributed by atoms with van der Waals surface area (Å²) < 4.78 is 0. The Morgan fingerprint density at radius 3 is 1.71 bits per heavy atom. The van der Waals surface area contributed by atoms with Crippen molar-refractivity contribution >= 4 is 11.6 Å². The van der Waals surface area contributed by atoms with E-state index >= 15 is 0 Å². The van der Waals surface area contributed by atoms with Crippen LogP contribution < -0.4 is 0 Å². The average molecular weight is 234 g/mol. The Hall–Kier alpha value is -0.660. The van der Waals surface area contributed by atoms with Crippen molar-refractivity contribution in [2.24, 2.45) is 22.7 Å². The van der Waals surface area contributed by atoms with Crippen LogP contribution in [-0.2, 0) is 9.59 Å². The van der Waals surface area contributed by atoms with Crippen molar-refractivity contribution in [1.82, 2.24) is 0 Å². The van der Waals surface area contributed by atoms with Crippen LogP contribution >= 0.6 is 0 Å². The molecule has 3 aliphatic carbocycles. The minimum atomic E-state index is 0.100. The van der Waals surface area contributed by atoms with Crippen molar-refractivity contribution in [2.75, 3.05) is 0 Å². The highest BCUT2D eigenvalue weighted by atomic mass is 16.1. The molecule has 0 spiro atoms. The van der Waals surface area contributed by atoms with Crippen LogP contribution in [0.15, 0.2) is 0 Å². The lowest BCUT2D eigenvalue weighted by Gasteiger charge is -2.49. The third-order valence-electron chi connectivity index (χ3n) is 6.33. The predicted molar refractivity (Wildman–Crippen MR) is 65.5 cm³/mol. The summed E-state index contributed by atoms with van der Waals surface area (Å²) in [6.07, 6.45) is 6.69. The molecule has 0 aromatic heterocycles. The zero-order valence-electron chi connectivity index (χ0n) is 10.9. The lowest BCUT2D eigenvalue weighted by molar-refractivity contribution is -0.136. The summed E-state index contributed by atoms with van der Waals surface area (Å²) in [6.45, 7) is 4.57. The molecule has 0 unspecified atom stereocenters.